The van der Waals surface area contributed by atoms with Crippen molar-refractivity contribution in [2.75, 3.05) is 13.1 Å². The second-order valence-corrected chi connectivity index (χ2v) is 5.89. The van der Waals surface area contributed by atoms with Crippen LogP contribution in [0, 0.1) is 0 Å². The molecule has 0 unspecified atom stereocenters. The lowest BCUT2D eigenvalue weighted by Gasteiger charge is -2.45. The van der Waals surface area contributed by atoms with Gasteiger partial charge in [-0.2, -0.15) is 0 Å². The van der Waals surface area contributed by atoms with E-state index >= 15 is 0 Å². The second kappa shape index (κ2) is 6.35. The Morgan fingerprint density at radius 3 is 2.80 bits per heavy atom. The Hall–Kier alpha value is -0.740. The molecule has 3 rings (SSSR count). The summed E-state index contributed by atoms with van der Waals surface area (Å²) in [5.41, 5.74) is 2.26. The van der Waals surface area contributed by atoms with E-state index in [1.807, 2.05) is 6.07 Å². The van der Waals surface area contributed by atoms with Crippen molar-refractivity contribution in [3.63, 3.8) is 0 Å². The fourth-order valence-electron chi connectivity index (χ4n) is 3.98. The molecule has 1 aromatic rings. The Balaban J connectivity index is 0.00000147. The third-order valence-electron chi connectivity index (χ3n) is 4.79. The smallest absolute Gasteiger partial charge is 0.160 e. The molecule has 0 spiro atoms. The standard InChI is InChI=1S/C16H23NO2.BrH/c1-2-9-17-10-3-4-12-11-6-8-15(18)16(19)13(11)5-7-14(12)17;/h6,8,12,14,18-19H,2-5,7,9-10H2,1H3;1H/t12-,14-;/m0./s1. The van der Waals surface area contributed by atoms with Crippen LogP contribution in [0.1, 0.15) is 49.7 Å². The van der Waals surface area contributed by atoms with E-state index in [0.29, 0.717) is 12.0 Å². The number of piperidine rings is 1. The topological polar surface area (TPSA) is 43.7 Å². The first-order chi connectivity index (χ1) is 9.22. The van der Waals surface area contributed by atoms with Crippen molar-refractivity contribution < 1.29 is 10.2 Å². The molecule has 2 aliphatic rings. The highest BCUT2D eigenvalue weighted by molar-refractivity contribution is 8.93. The summed E-state index contributed by atoms with van der Waals surface area (Å²) in [5.74, 6) is 0.678. The Bertz CT molecular complexity index is 476. The molecule has 0 amide bonds. The quantitative estimate of drug-likeness (QED) is 0.808. The van der Waals surface area contributed by atoms with Crippen LogP contribution in [0.5, 0.6) is 11.5 Å². The average Bonchev–Trinajstić information content (AvgIpc) is 2.43. The summed E-state index contributed by atoms with van der Waals surface area (Å²) in [6.07, 6.45) is 5.65. The van der Waals surface area contributed by atoms with Crippen LogP contribution in [0.3, 0.4) is 0 Å². The Morgan fingerprint density at radius 2 is 2.05 bits per heavy atom. The van der Waals surface area contributed by atoms with E-state index in [-0.39, 0.29) is 28.5 Å². The van der Waals surface area contributed by atoms with Crippen LogP contribution in [0.25, 0.3) is 0 Å². The zero-order valence-corrected chi connectivity index (χ0v) is 13.7. The highest BCUT2D eigenvalue weighted by Gasteiger charge is 2.37. The van der Waals surface area contributed by atoms with Gasteiger partial charge >= 0.3 is 0 Å². The number of likely N-dealkylation sites (tertiary alicyclic amines) is 1. The summed E-state index contributed by atoms with van der Waals surface area (Å²) in [4.78, 5) is 2.63. The van der Waals surface area contributed by atoms with Crippen molar-refractivity contribution in [3.8, 4) is 11.5 Å². The summed E-state index contributed by atoms with van der Waals surface area (Å²) >= 11 is 0. The number of hydrogen-bond acceptors (Lipinski definition) is 3. The normalized spacial score (nSPS) is 25.4. The molecular formula is C16H24BrNO2. The van der Waals surface area contributed by atoms with Crippen LogP contribution in [-0.4, -0.2) is 34.2 Å². The minimum atomic E-state index is 0. The zero-order chi connectivity index (χ0) is 13.4. The average molecular weight is 342 g/mol. The molecule has 3 nitrogen and oxygen atoms in total. The molecule has 20 heavy (non-hydrogen) atoms. The van der Waals surface area contributed by atoms with Crippen LogP contribution < -0.4 is 0 Å². The van der Waals surface area contributed by atoms with Gasteiger partial charge in [-0.25, -0.2) is 0 Å². The van der Waals surface area contributed by atoms with Gasteiger partial charge in [0.2, 0.25) is 0 Å². The molecule has 2 atom stereocenters. The lowest BCUT2D eigenvalue weighted by molar-refractivity contribution is 0.112. The molecule has 112 valence electrons. The van der Waals surface area contributed by atoms with Gasteiger partial charge in [0.1, 0.15) is 0 Å². The van der Waals surface area contributed by atoms with E-state index in [9.17, 15) is 10.2 Å². The summed E-state index contributed by atoms with van der Waals surface area (Å²) in [6.45, 7) is 4.64. The molecule has 4 heteroatoms. The lowest BCUT2D eigenvalue weighted by atomic mass is 9.74. The number of benzene rings is 1. The fourth-order valence-corrected chi connectivity index (χ4v) is 3.98. The third-order valence-corrected chi connectivity index (χ3v) is 4.79. The number of halogens is 1. The number of hydrogen-bond donors (Lipinski definition) is 2. The highest BCUT2D eigenvalue weighted by Crippen LogP contribution is 2.45. The van der Waals surface area contributed by atoms with Crippen molar-refractivity contribution in [2.45, 2.75) is 51.0 Å². The maximum atomic E-state index is 10.0. The van der Waals surface area contributed by atoms with Gasteiger partial charge in [-0.1, -0.05) is 13.0 Å². The second-order valence-electron chi connectivity index (χ2n) is 5.89. The van der Waals surface area contributed by atoms with Gasteiger partial charge in [0.15, 0.2) is 11.5 Å². The van der Waals surface area contributed by atoms with E-state index in [1.165, 1.54) is 37.9 Å². The summed E-state index contributed by atoms with van der Waals surface area (Å²) in [7, 11) is 0. The summed E-state index contributed by atoms with van der Waals surface area (Å²) < 4.78 is 0. The molecule has 2 N–H and O–H groups in total. The van der Waals surface area contributed by atoms with Crippen LogP contribution in [0.2, 0.25) is 0 Å². The number of phenols is 2. The summed E-state index contributed by atoms with van der Waals surface area (Å²) in [6, 6.07) is 4.30. The van der Waals surface area contributed by atoms with Crippen LogP contribution in [0.15, 0.2) is 12.1 Å². The van der Waals surface area contributed by atoms with E-state index in [1.54, 1.807) is 6.07 Å². The van der Waals surface area contributed by atoms with Crippen LogP contribution in [0.4, 0.5) is 0 Å². The predicted molar refractivity (Wildman–Crippen MR) is 86.0 cm³/mol. The number of fused-ring (bicyclic) bond motifs is 3. The van der Waals surface area contributed by atoms with Gasteiger partial charge in [0, 0.05) is 11.6 Å². The van der Waals surface area contributed by atoms with Crippen LogP contribution >= 0.6 is 17.0 Å². The van der Waals surface area contributed by atoms with E-state index in [4.69, 9.17) is 0 Å². The Kier molecular flexibility index (Phi) is 4.97. The largest absolute Gasteiger partial charge is 0.504 e. The van der Waals surface area contributed by atoms with Gasteiger partial charge in [-0.3, -0.25) is 4.90 Å². The molecule has 0 aromatic heterocycles. The molecule has 0 radical (unpaired) electrons. The molecule has 1 fully saturated rings. The van der Waals surface area contributed by atoms with E-state index < -0.39 is 0 Å². The molecule has 1 aliphatic heterocycles. The van der Waals surface area contributed by atoms with Gasteiger partial charge in [0.25, 0.3) is 0 Å². The number of phenolic OH excluding ortho intramolecular Hbond substituents is 2. The number of aromatic hydroxyl groups is 2. The van der Waals surface area contributed by atoms with Crippen molar-refractivity contribution in [3.05, 3.63) is 23.3 Å². The van der Waals surface area contributed by atoms with Gasteiger partial charge in [-0.15, -0.1) is 17.0 Å². The minimum Gasteiger partial charge on any atom is -0.504 e. The third kappa shape index (κ3) is 2.56. The minimum absolute atomic E-state index is 0. The molecule has 1 aliphatic carbocycles. The lowest BCUT2D eigenvalue weighted by Crippen LogP contribution is -2.46. The molecular weight excluding hydrogens is 318 g/mol. The van der Waals surface area contributed by atoms with Crippen molar-refractivity contribution in [2.24, 2.45) is 0 Å². The van der Waals surface area contributed by atoms with E-state index in [2.05, 4.69) is 11.8 Å². The monoisotopic (exact) mass is 341 g/mol. The molecule has 1 heterocycles. The zero-order valence-electron chi connectivity index (χ0n) is 12.0. The van der Waals surface area contributed by atoms with E-state index in [0.717, 1.165) is 18.4 Å². The van der Waals surface area contributed by atoms with Crippen molar-refractivity contribution in [1.82, 2.24) is 4.90 Å². The van der Waals surface area contributed by atoms with Crippen molar-refractivity contribution in [1.29, 1.82) is 0 Å². The van der Waals surface area contributed by atoms with Gasteiger partial charge in [-0.05, 0) is 62.7 Å². The molecule has 1 aromatic carbocycles. The SMILES string of the molecule is Br.CCCN1CCC[C@H]2c3ccc(O)c(O)c3CC[C@@H]21. The van der Waals surface area contributed by atoms with Gasteiger partial charge < -0.3 is 10.2 Å². The predicted octanol–water partition coefficient (Wildman–Crippen LogP) is 3.58. The summed E-state index contributed by atoms with van der Waals surface area (Å²) in [5, 5.41) is 19.7. The van der Waals surface area contributed by atoms with Gasteiger partial charge in [0.05, 0.1) is 0 Å². The first-order valence-electron chi connectivity index (χ1n) is 7.50. The molecule has 0 saturated carbocycles. The Labute approximate surface area is 131 Å². The number of rotatable bonds is 2. The van der Waals surface area contributed by atoms with Crippen molar-refractivity contribution >= 4 is 17.0 Å². The first-order valence-corrected chi connectivity index (χ1v) is 7.50. The fraction of sp³-hybridized carbons (Fsp3) is 0.625. The Morgan fingerprint density at radius 1 is 1.25 bits per heavy atom. The molecule has 1 saturated heterocycles. The molecule has 0 bridgehead atoms. The maximum absolute atomic E-state index is 10.0. The first kappa shape index (κ1) is 15.6. The number of nitrogens with zero attached hydrogens (tertiary/aromatic N) is 1. The maximum Gasteiger partial charge on any atom is 0.160 e. The highest BCUT2D eigenvalue weighted by atomic mass is 79.9. The van der Waals surface area contributed by atoms with Crippen LogP contribution in [-0.2, 0) is 6.42 Å².